The van der Waals surface area contributed by atoms with Crippen molar-refractivity contribution >= 4 is 35.8 Å². The summed E-state index contributed by atoms with van der Waals surface area (Å²) in [7, 11) is 3.15. The Morgan fingerprint density at radius 3 is 2.83 bits per heavy atom. The first-order valence-electron chi connectivity index (χ1n) is 7.20. The third-order valence-electron chi connectivity index (χ3n) is 3.90. The van der Waals surface area contributed by atoms with Crippen LogP contribution in [0.4, 0.5) is 4.79 Å². The first-order valence-corrected chi connectivity index (χ1v) is 8.19. The molecule has 0 radical (unpaired) electrons. The van der Waals surface area contributed by atoms with Crippen LogP contribution in [0.25, 0.3) is 0 Å². The van der Waals surface area contributed by atoms with E-state index in [1.165, 1.54) is 11.6 Å². The highest BCUT2D eigenvalue weighted by Gasteiger charge is 2.47. The standard InChI is InChI=1S/C16H17N4O2S/c1-10-8-18-14-12(15(21)20(3)16(22)19(14)2)13(10)23-9-11-6-4-5-7-17-11/h4-8,12H,9H2,1-3H3/q+1. The Labute approximate surface area is 138 Å². The smallest absolute Gasteiger partial charge is 0.260 e. The van der Waals surface area contributed by atoms with E-state index in [0.717, 1.165) is 21.1 Å². The zero-order chi connectivity index (χ0) is 16.6. The van der Waals surface area contributed by atoms with Gasteiger partial charge >= 0.3 is 11.9 Å². The Balaban J connectivity index is 1.94. The van der Waals surface area contributed by atoms with Gasteiger partial charge in [0.1, 0.15) is 6.21 Å². The van der Waals surface area contributed by atoms with E-state index in [1.54, 1.807) is 31.2 Å². The predicted octanol–water partition coefficient (Wildman–Crippen LogP) is 1.92. The third-order valence-corrected chi connectivity index (χ3v) is 5.21. The highest BCUT2D eigenvalue weighted by molar-refractivity contribution is 8.02. The molecule has 1 atom stereocenters. The van der Waals surface area contributed by atoms with Gasteiger partial charge in [-0.25, -0.2) is 4.79 Å². The molecule has 0 aromatic carbocycles. The number of hydrogen-bond donors (Lipinski definition) is 0. The molecule has 6 nitrogen and oxygen atoms in total. The number of amidine groups is 1. The number of urea groups is 1. The van der Waals surface area contributed by atoms with Crippen LogP contribution < -0.4 is 0 Å². The van der Waals surface area contributed by atoms with Crippen LogP contribution in [0.2, 0.25) is 0 Å². The first-order chi connectivity index (χ1) is 11.0. The average molecular weight is 329 g/mol. The van der Waals surface area contributed by atoms with Crippen molar-refractivity contribution in [1.29, 1.82) is 0 Å². The second-order valence-corrected chi connectivity index (χ2v) is 6.46. The van der Waals surface area contributed by atoms with Gasteiger partial charge in [-0.1, -0.05) is 6.07 Å². The molecule has 1 aromatic rings. The molecule has 3 heterocycles. The summed E-state index contributed by atoms with van der Waals surface area (Å²) < 4.78 is 1.44. The molecule has 0 bridgehead atoms. The molecular formula is C16H17N4O2S+. The number of rotatable bonds is 3. The molecule has 3 rings (SSSR count). The van der Waals surface area contributed by atoms with Gasteiger partial charge in [0.05, 0.1) is 19.8 Å². The van der Waals surface area contributed by atoms with E-state index in [0.29, 0.717) is 11.6 Å². The molecule has 7 heteroatoms. The molecule has 0 saturated carbocycles. The maximum absolute atomic E-state index is 12.6. The summed E-state index contributed by atoms with van der Waals surface area (Å²) in [6.45, 7) is 1.94. The van der Waals surface area contributed by atoms with Crippen molar-refractivity contribution in [3.8, 4) is 0 Å². The van der Waals surface area contributed by atoms with Gasteiger partial charge in [-0.15, -0.1) is 16.8 Å². The minimum Gasteiger partial charge on any atom is -0.260 e. The summed E-state index contributed by atoms with van der Waals surface area (Å²) in [5.74, 6) is 0.413. The Morgan fingerprint density at radius 2 is 2.13 bits per heavy atom. The van der Waals surface area contributed by atoms with Gasteiger partial charge in [-0.05, 0) is 24.6 Å². The number of thioether (sulfide) groups is 1. The van der Waals surface area contributed by atoms with E-state index in [2.05, 4.69) is 9.98 Å². The van der Waals surface area contributed by atoms with Crippen LogP contribution >= 0.6 is 11.8 Å². The number of imide groups is 1. The van der Waals surface area contributed by atoms with Crippen molar-refractivity contribution in [3.63, 3.8) is 0 Å². The zero-order valence-corrected chi connectivity index (χ0v) is 14.0. The maximum Gasteiger partial charge on any atom is 0.445 e. The van der Waals surface area contributed by atoms with Crippen molar-refractivity contribution < 1.29 is 14.2 Å². The maximum atomic E-state index is 12.6. The minimum atomic E-state index is -0.513. The molecule has 0 saturated heterocycles. The number of amides is 3. The number of fused-ring (bicyclic) bond motifs is 1. The molecule has 118 valence electrons. The fraction of sp³-hybridized carbons (Fsp3) is 0.312. The molecule has 0 fully saturated rings. The van der Waals surface area contributed by atoms with E-state index in [-0.39, 0.29) is 11.9 Å². The van der Waals surface area contributed by atoms with Crippen LogP contribution in [0.15, 0.2) is 39.9 Å². The van der Waals surface area contributed by atoms with Gasteiger partial charge in [0.2, 0.25) is 0 Å². The average Bonchev–Trinajstić information content (AvgIpc) is 2.57. The predicted molar refractivity (Wildman–Crippen MR) is 89.6 cm³/mol. The van der Waals surface area contributed by atoms with E-state index < -0.39 is 5.92 Å². The van der Waals surface area contributed by atoms with Crippen molar-refractivity contribution in [2.45, 2.75) is 12.7 Å². The fourth-order valence-corrected chi connectivity index (χ4v) is 3.72. The lowest BCUT2D eigenvalue weighted by Crippen LogP contribution is -2.52. The van der Waals surface area contributed by atoms with Gasteiger partial charge in [-0.3, -0.25) is 9.78 Å². The summed E-state index contributed by atoms with van der Waals surface area (Å²) in [6.07, 6.45) is 3.47. The lowest BCUT2D eigenvalue weighted by molar-refractivity contribution is -0.407. The number of dihydropyridines is 1. The number of carbonyl (C=O) groups excluding carboxylic acids is 2. The van der Waals surface area contributed by atoms with E-state index in [1.807, 2.05) is 25.1 Å². The van der Waals surface area contributed by atoms with Crippen molar-refractivity contribution in [2.75, 3.05) is 14.1 Å². The van der Waals surface area contributed by atoms with E-state index in [4.69, 9.17) is 0 Å². The number of allylic oxidation sites excluding steroid dienone is 1. The van der Waals surface area contributed by atoms with E-state index in [9.17, 15) is 9.59 Å². The van der Waals surface area contributed by atoms with Gasteiger partial charge < -0.3 is 0 Å². The van der Waals surface area contributed by atoms with Crippen molar-refractivity contribution in [2.24, 2.45) is 10.9 Å². The third kappa shape index (κ3) is 2.72. The Hall–Kier alpha value is -2.28. The normalized spacial score (nSPS) is 21.2. The number of carbonyl (C=O) groups is 2. The van der Waals surface area contributed by atoms with Crippen LogP contribution in [-0.4, -0.2) is 52.5 Å². The van der Waals surface area contributed by atoms with Gasteiger partial charge in [-0.2, -0.15) is 9.48 Å². The Kier molecular flexibility index (Phi) is 4.12. The van der Waals surface area contributed by atoms with E-state index >= 15 is 0 Å². The van der Waals surface area contributed by atoms with Gasteiger partial charge in [0, 0.05) is 16.9 Å². The summed E-state index contributed by atoms with van der Waals surface area (Å²) >= 11 is 1.57. The Bertz CT molecular complexity index is 768. The minimum absolute atomic E-state index is 0.233. The number of hydrogen-bond acceptors (Lipinski definition) is 5. The summed E-state index contributed by atoms with van der Waals surface area (Å²) in [5, 5.41) is 0. The van der Waals surface area contributed by atoms with Crippen LogP contribution in [0.5, 0.6) is 0 Å². The summed E-state index contributed by atoms with van der Waals surface area (Å²) in [5.41, 5.74) is 1.90. The topological polar surface area (TPSA) is 65.6 Å². The number of nitrogens with zero attached hydrogens (tertiary/aromatic N) is 4. The molecule has 1 unspecified atom stereocenters. The first kappa shape index (κ1) is 15.6. The fourth-order valence-electron chi connectivity index (χ4n) is 2.59. The van der Waals surface area contributed by atoms with Crippen LogP contribution in [0.3, 0.4) is 0 Å². The van der Waals surface area contributed by atoms with Crippen LogP contribution in [0.1, 0.15) is 12.6 Å². The molecule has 3 amide bonds. The highest BCUT2D eigenvalue weighted by atomic mass is 32.2. The number of aliphatic imine (C=N–C) groups is 1. The molecule has 2 aliphatic rings. The Morgan fingerprint density at radius 1 is 1.35 bits per heavy atom. The molecule has 0 N–H and O–H groups in total. The molecular weight excluding hydrogens is 312 g/mol. The SMILES string of the molecule is CC1=C(SCc2ccccn2)C2C(=O)N(C)C(=O)[N+](C)=C2N=C1. The number of aromatic nitrogens is 1. The second kappa shape index (κ2) is 6.08. The molecule has 0 spiro atoms. The summed E-state index contributed by atoms with van der Waals surface area (Å²) in [6, 6.07) is 5.41. The zero-order valence-electron chi connectivity index (χ0n) is 13.2. The van der Waals surface area contributed by atoms with Crippen molar-refractivity contribution in [1.82, 2.24) is 9.88 Å². The lowest BCUT2D eigenvalue weighted by Gasteiger charge is -2.27. The van der Waals surface area contributed by atoms with Crippen LogP contribution in [-0.2, 0) is 10.5 Å². The molecule has 2 aliphatic heterocycles. The molecule has 1 aromatic heterocycles. The highest BCUT2D eigenvalue weighted by Crippen LogP contribution is 2.35. The molecule has 0 aliphatic carbocycles. The monoisotopic (exact) mass is 329 g/mol. The van der Waals surface area contributed by atoms with Crippen LogP contribution in [0, 0.1) is 5.92 Å². The summed E-state index contributed by atoms with van der Waals surface area (Å²) in [4.78, 5) is 35.4. The second-order valence-electron chi connectivity index (χ2n) is 5.45. The molecule has 23 heavy (non-hydrogen) atoms. The van der Waals surface area contributed by atoms with Crippen molar-refractivity contribution in [3.05, 3.63) is 40.6 Å². The van der Waals surface area contributed by atoms with Gasteiger partial charge in [0.15, 0.2) is 5.92 Å². The number of pyridine rings is 1. The quantitative estimate of drug-likeness (QED) is 0.795. The largest absolute Gasteiger partial charge is 0.445 e. The van der Waals surface area contributed by atoms with Gasteiger partial charge in [0.25, 0.3) is 5.84 Å². The lowest BCUT2D eigenvalue weighted by atomic mass is 9.99.